The molecule has 1 atom stereocenters. The zero-order valence-corrected chi connectivity index (χ0v) is 20.3. The average molecular weight is 460 g/mol. The highest BCUT2D eigenvalue weighted by molar-refractivity contribution is 7.18. The molecule has 0 spiro atoms. The van der Waals surface area contributed by atoms with Crippen molar-refractivity contribution in [1.82, 2.24) is 14.8 Å². The molecule has 3 heterocycles. The summed E-state index contributed by atoms with van der Waals surface area (Å²) in [6.45, 7) is 8.83. The summed E-state index contributed by atoms with van der Waals surface area (Å²) < 4.78 is 1.16. The summed E-state index contributed by atoms with van der Waals surface area (Å²) in [7, 11) is 1.89. The smallest absolute Gasteiger partial charge is 0.278 e. The first-order chi connectivity index (χ1) is 15.5. The number of amides is 2. The lowest BCUT2D eigenvalue weighted by atomic mass is 10.2. The number of aromatic nitrogens is 1. The van der Waals surface area contributed by atoms with Gasteiger partial charge in [0.25, 0.3) is 11.8 Å². The lowest BCUT2D eigenvalue weighted by Crippen LogP contribution is -3.28. The van der Waals surface area contributed by atoms with Crippen LogP contribution in [-0.4, -0.2) is 86.0 Å². The fourth-order valence-corrected chi connectivity index (χ4v) is 5.81. The predicted octanol–water partition coefficient (Wildman–Crippen LogP) is 0.00170. The summed E-state index contributed by atoms with van der Waals surface area (Å²) in [6, 6.07) is 8.09. The van der Waals surface area contributed by atoms with Gasteiger partial charge in [0.1, 0.15) is 31.2 Å². The van der Waals surface area contributed by atoms with E-state index < -0.39 is 0 Å². The molecule has 2 N–H and O–H groups in total. The number of thiazole rings is 1. The molecule has 8 heteroatoms. The number of likely N-dealkylation sites (tertiary alicyclic amines) is 1. The van der Waals surface area contributed by atoms with Crippen molar-refractivity contribution in [3.05, 3.63) is 29.3 Å². The van der Waals surface area contributed by atoms with Crippen molar-refractivity contribution in [1.29, 1.82) is 0 Å². The van der Waals surface area contributed by atoms with Crippen molar-refractivity contribution >= 4 is 33.4 Å². The Balaban J connectivity index is 1.23. The van der Waals surface area contributed by atoms with Gasteiger partial charge in [-0.2, -0.15) is 0 Å². The molecule has 0 aliphatic carbocycles. The topological polar surface area (TPSA) is 62.4 Å². The minimum absolute atomic E-state index is 0.0301. The molecule has 2 aliphatic rings. The molecule has 1 aromatic carbocycles. The molecule has 174 valence electrons. The molecule has 2 aromatic rings. The van der Waals surface area contributed by atoms with Gasteiger partial charge in [0.05, 0.1) is 16.3 Å². The Morgan fingerprint density at radius 3 is 2.31 bits per heavy atom. The van der Waals surface area contributed by atoms with Crippen molar-refractivity contribution in [2.24, 2.45) is 0 Å². The molecule has 1 unspecified atom stereocenters. The molecule has 2 amide bonds. The highest BCUT2D eigenvalue weighted by Gasteiger charge is 2.30. The minimum Gasteiger partial charge on any atom is -0.338 e. The summed E-state index contributed by atoms with van der Waals surface area (Å²) in [4.78, 5) is 37.0. The number of likely N-dealkylation sites (N-methyl/N-ethyl adjacent to an activating group) is 1. The van der Waals surface area contributed by atoms with Crippen LogP contribution in [0.25, 0.3) is 10.2 Å². The molecule has 1 aromatic heterocycles. The Morgan fingerprint density at radius 2 is 1.66 bits per heavy atom. The minimum atomic E-state index is -0.0301. The van der Waals surface area contributed by atoms with Crippen molar-refractivity contribution in [3.8, 4) is 0 Å². The Morgan fingerprint density at radius 1 is 1.03 bits per heavy atom. The number of nitrogens with zero attached hydrogens (tertiary/aromatic N) is 3. The number of rotatable bonds is 6. The Kier molecular flexibility index (Phi) is 7.75. The summed E-state index contributed by atoms with van der Waals surface area (Å²) in [5.41, 5.74) is 1.000. The van der Waals surface area contributed by atoms with Crippen LogP contribution < -0.4 is 9.80 Å². The fraction of sp³-hybridized carbons (Fsp3) is 0.625. The van der Waals surface area contributed by atoms with E-state index in [2.05, 4.69) is 17.9 Å². The zero-order chi connectivity index (χ0) is 22.5. The number of piperazine rings is 1. The first-order valence-electron chi connectivity index (χ1n) is 12.1. The maximum atomic E-state index is 13.0. The van der Waals surface area contributed by atoms with E-state index >= 15 is 0 Å². The van der Waals surface area contributed by atoms with Crippen LogP contribution in [0.4, 0.5) is 0 Å². The number of hydrogen-bond acceptors (Lipinski definition) is 4. The van der Waals surface area contributed by atoms with E-state index in [0.29, 0.717) is 19.0 Å². The monoisotopic (exact) mass is 459 g/mol. The molecular formula is C24H37N5O2S+2. The number of fused-ring (bicyclic) bond motifs is 1. The lowest BCUT2D eigenvalue weighted by Gasteiger charge is -2.32. The normalized spacial score (nSPS) is 23.0. The summed E-state index contributed by atoms with van der Waals surface area (Å²) in [5.74, 6) is 0.474. The molecule has 0 radical (unpaired) electrons. The van der Waals surface area contributed by atoms with Crippen LogP contribution in [0.2, 0.25) is 0 Å². The first-order valence-corrected chi connectivity index (χ1v) is 12.9. The second-order valence-electron chi connectivity index (χ2n) is 9.35. The maximum absolute atomic E-state index is 13.0. The van der Waals surface area contributed by atoms with Crippen molar-refractivity contribution in [2.45, 2.75) is 38.6 Å². The Labute approximate surface area is 195 Å². The van der Waals surface area contributed by atoms with Gasteiger partial charge >= 0.3 is 0 Å². The van der Waals surface area contributed by atoms with Gasteiger partial charge in [0.2, 0.25) is 0 Å². The number of nitrogens with one attached hydrogen (secondary N) is 2. The van der Waals surface area contributed by atoms with Gasteiger partial charge in [0.15, 0.2) is 13.1 Å². The number of carbonyl (C=O) groups excluding carboxylic acids is 2. The third-order valence-corrected chi connectivity index (χ3v) is 8.27. The number of benzene rings is 1. The van der Waals surface area contributed by atoms with E-state index in [0.717, 1.165) is 67.3 Å². The standard InChI is InChI=1S/C24H35N5O2S/c1-19(24-25-20-9-5-6-10-21(20)32-24)26(2)22(30)17-27-13-15-28(16-14-27)18-23(31)29-11-7-3-4-8-12-29/h5-6,9-10,19H,3-4,7-8,11-18H2,1-2H3/p+2. The lowest BCUT2D eigenvalue weighted by molar-refractivity contribution is -1.01. The third kappa shape index (κ3) is 5.66. The van der Waals surface area contributed by atoms with Crippen LogP contribution in [0.5, 0.6) is 0 Å². The van der Waals surface area contributed by atoms with Gasteiger partial charge in [-0.15, -0.1) is 11.3 Å². The van der Waals surface area contributed by atoms with Gasteiger partial charge in [-0.05, 0) is 31.9 Å². The zero-order valence-electron chi connectivity index (χ0n) is 19.4. The van der Waals surface area contributed by atoms with Crippen molar-refractivity contribution in [3.63, 3.8) is 0 Å². The molecule has 0 saturated carbocycles. The molecule has 0 bridgehead atoms. The van der Waals surface area contributed by atoms with Crippen molar-refractivity contribution in [2.75, 3.05) is 59.4 Å². The van der Waals surface area contributed by atoms with Crippen molar-refractivity contribution < 1.29 is 19.4 Å². The van der Waals surface area contributed by atoms with Crippen LogP contribution >= 0.6 is 11.3 Å². The largest absolute Gasteiger partial charge is 0.338 e. The highest BCUT2D eigenvalue weighted by Crippen LogP contribution is 2.28. The predicted molar refractivity (Wildman–Crippen MR) is 127 cm³/mol. The fourth-order valence-electron chi connectivity index (χ4n) is 4.75. The van der Waals surface area contributed by atoms with Gasteiger partial charge in [-0.1, -0.05) is 25.0 Å². The average Bonchev–Trinajstić information content (AvgIpc) is 3.05. The SMILES string of the molecule is CC(c1nc2ccccc2s1)N(C)C(=O)C[NH+]1CC[NH+](CC(=O)N2CCCCCC2)CC1. The van der Waals surface area contributed by atoms with E-state index in [-0.39, 0.29) is 11.9 Å². The Bertz CT molecular complexity index is 883. The van der Waals surface area contributed by atoms with Crippen LogP contribution in [0.3, 0.4) is 0 Å². The summed E-state index contributed by atoms with van der Waals surface area (Å²) >= 11 is 1.67. The molecule has 4 rings (SSSR count). The van der Waals surface area contributed by atoms with E-state index in [1.807, 2.05) is 30.1 Å². The van der Waals surface area contributed by atoms with Crippen LogP contribution in [-0.2, 0) is 9.59 Å². The van der Waals surface area contributed by atoms with Crippen LogP contribution in [0.1, 0.15) is 43.7 Å². The van der Waals surface area contributed by atoms with E-state index in [1.54, 1.807) is 11.3 Å². The van der Waals surface area contributed by atoms with E-state index in [9.17, 15) is 9.59 Å². The second kappa shape index (κ2) is 10.7. The van der Waals surface area contributed by atoms with Crippen LogP contribution in [0, 0.1) is 0 Å². The van der Waals surface area contributed by atoms with Crippen LogP contribution in [0.15, 0.2) is 24.3 Å². The number of hydrogen-bond donors (Lipinski definition) is 2. The molecule has 32 heavy (non-hydrogen) atoms. The molecule has 2 saturated heterocycles. The van der Waals surface area contributed by atoms with E-state index in [4.69, 9.17) is 4.98 Å². The first kappa shape index (κ1) is 23.1. The highest BCUT2D eigenvalue weighted by atomic mass is 32.1. The van der Waals surface area contributed by atoms with Gasteiger partial charge in [-0.3, -0.25) is 9.59 Å². The molecular weight excluding hydrogens is 422 g/mol. The molecule has 2 aliphatic heterocycles. The van der Waals surface area contributed by atoms with E-state index in [1.165, 1.54) is 22.6 Å². The quantitative estimate of drug-likeness (QED) is 0.640. The summed E-state index contributed by atoms with van der Waals surface area (Å²) in [5, 5.41) is 0.985. The van der Waals surface area contributed by atoms with Gasteiger partial charge in [-0.25, -0.2) is 4.98 Å². The van der Waals surface area contributed by atoms with Gasteiger partial charge < -0.3 is 19.6 Å². The molecule has 7 nitrogen and oxygen atoms in total. The second-order valence-corrected chi connectivity index (χ2v) is 10.4. The van der Waals surface area contributed by atoms with Gasteiger partial charge in [0, 0.05) is 20.1 Å². The Hall–Kier alpha value is -2.03. The third-order valence-electron chi connectivity index (χ3n) is 7.07. The number of quaternary nitrogens is 2. The number of carbonyl (C=O) groups is 2. The maximum Gasteiger partial charge on any atom is 0.278 e. The molecule has 2 fully saturated rings. The summed E-state index contributed by atoms with van der Waals surface area (Å²) in [6.07, 6.45) is 4.78. The number of para-hydroxylation sites is 1.